The first-order valence-electron chi connectivity index (χ1n) is 8.54. The number of carbonyl (C=O) groups excluding carboxylic acids is 1. The summed E-state index contributed by atoms with van der Waals surface area (Å²) in [5.74, 6) is 0.889. The van der Waals surface area contributed by atoms with Crippen LogP contribution in [0, 0.1) is 16.0 Å². The zero-order chi connectivity index (χ0) is 18.0. The molecule has 2 aromatic rings. The summed E-state index contributed by atoms with van der Waals surface area (Å²) in [5, 5.41) is 14.7. The van der Waals surface area contributed by atoms with Gasteiger partial charge in [-0.1, -0.05) is 13.8 Å². The average Bonchev–Trinajstić information content (AvgIpc) is 2.60. The number of hydrogen-bond acceptors (Lipinski definition) is 5. The highest BCUT2D eigenvalue weighted by Crippen LogP contribution is 2.24. The van der Waals surface area contributed by atoms with Gasteiger partial charge < -0.3 is 10.2 Å². The third kappa shape index (κ3) is 3.87. The van der Waals surface area contributed by atoms with Gasteiger partial charge in [0.1, 0.15) is 5.82 Å². The van der Waals surface area contributed by atoms with Crippen LogP contribution in [-0.2, 0) is 4.79 Å². The first kappa shape index (κ1) is 17.1. The van der Waals surface area contributed by atoms with Crippen LogP contribution < -0.4 is 10.2 Å². The standard InChI is InChI=1S/C18H22N4O3/c1-12(2)18(23)19-14-4-3-9-21(11-14)17-8-5-13-10-15(22(24)25)6-7-16(13)20-17/h5-8,10,12,14H,3-4,9,11H2,1-2H3,(H,19,23). The van der Waals surface area contributed by atoms with E-state index in [2.05, 4.69) is 15.2 Å². The van der Waals surface area contributed by atoms with Crippen LogP contribution in [0.1, 0.15) is 26.7 Å². The molecular weight excluding hydrogens is 320 g/mol. The van der Waals surface area contributed by atoms with E-state index in [1.807, 2.05) is 26.0 Å². The molecule has 1 aromatic carbocycles. The smallest absolute Gasteiger partial charge is 0.270 e. The van der Waals surface area contributed by atoms with Crippen LogP contribution in [0.15, 0.2) is 30.3 Å². The summed E-state index contributed by atoms with van der Waals surface area (Å²) in [6, 6.07) is 8.56. The third-order valence-corrected chi connectivity index (χ3v) is 4.49. The van der Waals surface area contributed by atoms with Gasteiger partial charge in [-0.15, -0.1) is 0 Å². The molecule has 7 heteroatoms. The van der Waals surface area contributed by atoms with Gasteiger partial charge in [0.15, 0.2) is 0 Å². The van der Waals surface area contributed by atoms with Crippen molar-refractivity contribution in [3.05, 3.63) is 40.4 Å². The number of piperidine rings is 1. The summed E-state index contributed by atoms with van der Waals surface area (Å²) in [5.41, 5.74) is 0.799. The molecule has 1 amide bonds. The number of hydrogen-bond donors (Lipinski definition) is 1. The number of anilines is 1. The van der Waals surface area contributed by atoms with Crippen LogP contribution in [-0.4, -0.2) is 34.9 Å². The summed E-state index contributed by atoms with van der Waals surface area (Å²) in [6.07, 6.45) is 1.96. The Morgan fingerprint density at radius 1 is 1.36 bits per heavy atom. The molecule has 0 saturated carbocycles. The quantitative estimate of drug-likeness (QED) is 0.682. The second-order valence-corrected chi connectivity index (χ2v) is 6.75. The lowest BCUT2D eigenvalue weighted by Gasteiger charge is -2.34. The minimum atomic E-state index is -0.403. The molecule has 0 aliphatic carbocycles. The number of nitrogens with one attached hydrogen (secondary N) is 1. The van der Waals surface area contributed by atoms with Crippen molar-refractivity contribution in [1.82, 2.24) is 10.3 Å². The maximum atomic E-state index is 11.9. The third-order valence-electron chi connectivity index (χ3n) is 4.49. The van der Waals surface area contributed by atoms with Crippen molar-refractivity contribution in [2.24, 2.45) is 5.92 Å². The fourth-order valence-corrected chi connectivity index (χ4v) is 3.06. The van der Waals surface area contributed by atoms with Crippen LogP contribution >= 0.6 is 0 Å². The van der Waals surface area contributed by atoms with Gasteiger partial charge in [0.05, 0.1) is 10.4 Å². The van der Waals surface area contributed by atoms with Crippen molar-refractivity contribution >= 4 is 28.3 Å². The molecule has 0 radical (unpaired) electrons. The van der Waals surface area contributed by atoms with Gasteiger partial charge in [0, 0.05) is 42.6 Å². The van der Waals surface area contributed by atoms with Crippen molar-refractivity contribution in [2.75, 3.05) is 18.0 Å². The van der Waals surface area contributed by atoms with Crippen LogP contribution in [0.2, 0.25) is 0 Å². The minimum Gasteiger partial charge on any atom is -0.355 e. The average molecular weight is 342 g/mol. The van der Waals surface area contributed by atoms with Crippen molar-refractivity contribution in [1.29, 1.82) is 0 Å². The summed E-state index contributed by atoms with van der Waals surface area (Å²) in [6.45, 7) is 5.39. The van der Waals surface area contributed by atoms with Crippen molar-refractivity contribution in [2.45, 2.75) is 32.7 Å². The van der Waals surface area contributed by atoms with Crippen LogP contribution in [0.5, 0.6) is 0 Å². The number of benzene rings is 1. The summed E-state index contributed by atoms with van der Waals surface area (Å²) < 4.78 is 0. The number of carbonyl (C=O) groups is 1. The highest BCUT2D eigenvalue weighted by molar-refractivity contribution is 5.82. The summed E-state index contributed by atoms with van der Waals surface area (Å²) in [4.78, 5) is 29.2. The highest BCUT2D eigenvalue weighted by Gasteiger charge is 2.23. The van der Waals surface area contributed by atoms with E-state index in [0.29, 0.717) is 0 Å². The van der Waals surface area contributed by atoms with Crippen LogP contribution in [0.25, 0.3) is 10.9 Å². The molecular formula is C18H22N4O3. The maximum Gasteiger partial charge on any atom is 0.270 e. The van der Waals surface area contributed by atoms with Gasteiger partial charge in [0.25, 0.3) is 5.69 Å². The molecule has 1 N–H and O–H groups in total. The number of amides is 1. The first-order chi connectivity index (χ1) is 11.9. The van der Waals surface area contributed by atoms with E-state index in [1.54, 1.807) is 6.07 Å². The van der Waals surface area contributed by atoms with E-state index >= 15 is 0 Å². The topological polar surface area (TPSA) is 88.4 Å². The summed E-state index contributed by atoms with van der Waals surface area (Å²) in [7, 11) is 0. The van der Waals surface area contributed by atoms with Gasteiger partial charge in [0.2, 0.25) is 5.91 Å². The molecule has 1 aromatic heterocycles. The second-order valence-electron chi connectivity index (χ2n) is 6.75. The molecule has 25 heavy (non-hydrogen) atoms. The highest BCUT2D eigenvalue weighted by atomic mass is 16.6. The molecule has 3 rings (SSSR count). The van der Waals surface area contributed by atoms with Crippen molar-refractivity contribution in [3.8, 4) is 0 Å². The fraction of sp³-hybridized carbons (Fsp3) is 0.444. The fourth-order valence-electron chi connectivity index (χ4n) is 3.06. The van der Waals surface area contributed by atoms with Crippen molar-refractivity contribution < 1.29 is 9.72 Å². The van der Waals surface area contributed by atoms with E-state index in [9.17, 15) is 14.9 Å². The van der Waals surface area contributed by atoms with Crippen LogP contribution in [0.3, 0.4) is 0 Å². The Hall–Kier alpha value is -2.70. The number of nitro groups is 1. The number of rotatable bonds is 4. The molecule has 132 valence electrons. The number of aromatic nitrogens is 1. The Morgan fingerprint density at radius 2 is 2.16 bits per heavy atom. The monoisotopic (exact) mass is 342 g/mol. The zero-order valence-electron chi connectivity index (χ0n) is 14.4. The largest absolute Gasteiger partial charge is 0.355 e. The minimum absolute atomic E-state index is 0.0232. The molecule has 7 nitrogen and oxygen atoms in total. The molecule has 1 fully saturated rings. The van der Waals surface area contributed by atoms with E-state index in [4.69, 9.17) is 0 Å². The Kier molecular flexibility index (Phi) is 4.83. The first-order valence-corrected chi connectivity index (χ1v) is 8.54. The predicted octanol–water partition coefficient (Wildman–Crippen LogP) is 2.88. The Labute approximate surface area is 146 Å². The van der Waals surface area contributed by atoms with Gasteiger partial charge in [-0.05, 0) is 31.0 Å². The Morgan fingerprint density at radius 3 is 2.88 bits per heavy atom. The number of nitrogens with zero attached hydrogens (tertiary/aromatic N) is 3. The van der Waals surface area contributed by atoms with Crippen molar-refractivity contribution in [3.63, 3.8) is 0 Å². The number of non-ortho nitro benzene ring substituents is 1. The molecule has 1 unspecified atom stereocenters. The lowest BCUT2D eigenvalue weighted by molar-refractivity contribution is -0.384. The molecule has 1 atom stereocenters. The summed E-state index contributed by atoms with van der Waals surface area (Å²) >= 11 is 0. The molecule has 1 saturated heterocycles. The van der Waals surface area contributed by atoms with Gasteiger partial charge >= 0.3 is 0 Å². The Balaban J connectivity index is 1.77. The molecule has 2 heterocycles. The molecule has 0 bridgehead atoms. The lowest BCUT2D eigenvalue weighted by Crippen LogP contribution is -2.49. The SMILES string of the molecule is CC(C)C(=O)NC1CCCN(c2ccc3cc([N+](=O)[O-])ccc3n2)C1. The normalized spacial score (nSPS) is 17.7. The number of pyridine rings is 1. The number of fused-ring (bicyclic) bond motifs is 1. The second kappa shape index (κ2) is 7.04. The predicted molar refractivity (Wildman–Crippen MR) is 96.6 cm³/mol. The molecule has 1 aliphatic heterocycles. The van der Waals surface area contributed by atoms with E-state index in [0.717, 1.165) is 42.7 Å². The zero-order valence-corrected chi connectivity index (χ0v) is 14.4. The van der Waals surface area contributed by atoms with E-state index in [1.165, 1.54) is 12.1 Å². The van der Waals surface area contributed by atoms with Crippen LogP contribution in [0.4, 0.5) is 11.5 Å². The van der Waals surface area contributed by atoms with E-state index in [-0.39, 0.29) is 23.6 Å². The maximum absolute atomic E-state index is 11.9. The van der Waals surface area contributed by atoms with Gasteiger partial charge in [-0.2, -0.15) is 0 Å². The van der Waals surface area contributed by atoms with Gasteiger partial charge in [-0.3, -0.25) is 14.9 Å². The molecule has 0 spiro atoms. The Bertz CT molecular complexity index is 806. The lowest BCUT2D eigenvalue weighted by atomic mass is 10.0. The molecule has 1 aliphatic rings. The number of nitro benzene ring substituents is 1. The van der Waals surface area contributed by atoms with Gasteiger partial charge in [-0.25, -0.2) is 4.98 Å². The van der Waals surface area contributed by atoms with E-state index < -0.39 is 4.92 Å².